The predicted octanol–water partition coefficient (Wildman–Crippen LogP) is 0.778. The summed E-state index contributed by atoms with van der Waals surface area (Å²) in [6.07, 6.45) is 0. The van der Waals surface area contributed by atoms with E-state index in [-0.39, 0.29) is 0 Å². The summed E-state index contributed by atoms with van der Waals surface area (Å²) in [5.74, 6) is 1.58. The van der Waals surface area contributed by atoms with Crippen LogP contribution in [0.4, 0.5) is 0 Å². The lowest BCUT2D eigenvalue weighted by molar-refractivity contribution is 0.0859. The van der Waals surface area contributed by atoms with Crippen LogP contribution >= 0.6 is 0 Å². The molecule has 3 aliphatic rings. The SMILES string of the molecule is CCN1CCN(C([Si]C)=C(N2CCN(CC)CC2)N2CCN(CC)CC2)CC1. The highest BCUT2D eigenvalue weighted by Gasteiger charge is 2.29. The number of piperazine rings is 3. The lowest BCUT2D eigenvalue weighted by Crippen LogP contribution is -2.55. The van der Waals surface area contributed by atoms with Crippen molar-refractivity contribution in [3.63, 3.8) is 0 Å². The molecule has 28 heavy (non-hydrogen) atoms. The standard InChI is InChI=1S/C21H42N6Si/c1-5-22-8-14-25(15-9-22)20(26-16-10-23(6-2)11-17-26)21(28-4)27-18-12-24(7-3)13-19-27/h5-19H2,1-4H3. The molecule has 0 aromatic rings. The molecule has 160 valence electrons. The second-order valence-electron chi connectivity index (χ2n) is 8.19. The van der Waals surface area contributed by atoms with Gasteiger partial charge in [-0.25, -0.2) is 0 Å². The molecular weight excluding hydrogens is 364 g/mol. The molecule has 0 aromatic heterocycles. The Morgan fingerprint density at radius 3 is 1.14 bits per heavy atom. The van der Waals surface area contributed by atoms with Crippen molar-refractivity contribution < 1.29 is 0 Å². The minimum Gasteiger partial charge on any atom is -0.373 e. The van der Waals surface area contributed by atoms with Crippen LogP contribution < -0.4 is 0 Å². The van der Waals surface area contributed by atoms with Gasteiger partial charge >= 0.3 is 0 Å². The first-order valence-electron chi connectivity index (χ1n) is 11.5. The van der Waals surface area contributed by atoms with E-state index in [1.807, 2.05) is 0 Å². The summed E-state index contributed by atoms with van der Waals surface area (Å²) >= 11 is 0. The highest BCUT2D eigenvalue weighted by molar-refractivity contribution is 6.43. The number of hydrogen-bond donors (Lipinski definition) is 0. The predicted molar refractivity (Wildman–Crippen MR) is 120 cm³/mol. The molecule has 0 N–H and O–H groups in total. The van der Waals surface area contributed by atoms with Crippen molar-refractivity contribution in [1.82, 2.24) is 29.4 Å². The Labute approximate surface area is 175 Å². The molecule has 2 radical (unpaired) electrons. The minimum absolute atomic E-state index is 0.866. The quantitative estimate of drug-likeness (QED) is 0.578. The second-order valence-corrected chi connectivity index (χ2v) is 9.16. The first kappa shape index (κ1) is 21.9. The zero-order valence-electron chi connectivity index (χ0n) is 18.8. The molecule has 0 bridgehead atoms. The van der Waals surface area contributed by atoms with Gasteiger partial charge in [0.05, 0.1) is 0 Å². The molecule has 3 aliphatic heterocycles. The Kier molecular flexibility index (Phi) is 8.50. The van der Waals surface area contributed by atoms with Gasteiger partial charge in [-0.15, -0.1) is 0 Å². The third-order valence-electron chi connectivity index (χ3n) is 6.82. The van der Waals surface area contributed by atoms with Gasteiger partial charge in [-0.3, -0.25) is 0 Å². The first-order chi connectivity index (χ1) is 13.7. The van der Waals surface area contributed by atoms with E-state index in [0.29, 0.717) is 0 Å². The monoisotopic (exact) mass is 406 g/mol. The van der Waals surface area contributed by atoms with Crippen molar-refractivity contribution in [2.45, 2.75) is 27.3 Å². The van der Waals surface area contributed by atoms with Gasteiger partial charge in [-0.1, -0.05) is 27.3 Å². The van der Waals surface area contributed by atoms with Gasteiger partial charge in [-0.2, -0.15) is 0 Å². The molecule has 0 aliphatic carbocycles. The topological polar surface area (TPSA) is 19.4 Å². The Bertz CT molecular complexity index is 463. The fourth-order valence-electron chi connectivity index (χ4n) is 4.75. The molecule has 3 fully saturated rings. The third-order valence-corrected chi connectivity index (χ3v) is 7.84. The summed E-state index contributed by atoms with van der Waals surface area (Å²) < 4.78 is 0. The van der Waals surface area contributed by atoms with Crippen LogP contribution in [-0.4, -0.2) is 137 Å². The lowest BCUT2D eigenvalue weighted by atomic mass is 10.2. The summed E-state index contributed by atoms with van der Waals surface area (Å²) in [5.41, 5.74) is 0. The van der Waals surface area contributed by atoms with Crippen LogP contribution in [0.3, 0.4) is 0 Å². The molecule has 0 spiro atoms. The molecule has 3 rings (SSSR count). The van der Waals surface area contributed by atoms with Gasteiger partial charge in [-0.05, 0) is 19.6 Å². The Hall–Kier alpha value is -0.763. The fraction of sp³-hybridized carbons (Fsp3) is 0.905. The maximum Gasteiger partial charge on any atom is 0.119 e. The minimum atomic E-state index is 0.866. The van der Waals surface area contributed by atoms with E-state index in [2.05, 4.69) is 56.7 Å². The van der Waals surface area contributed by atoms with E-state index >= 15 is 0 Å². The summed E-state index contributed by atoms with van der Waals surface area (Å²) in [7, 11) is 0.866. The zero-order chi connectivity index (χ0) is 19.9. The summed E-state index contributed by atoms with van der Waals surface area (Å²) in [6, 6.07) is 0. The second kappa shape index (κ2) is 10.9. The smallest absolute Gasteiger partial charge is 0.119 e. The van der Waals surface area contributed by atoms with Crippen molar-refractivity contribution in [1.29, 1.82) is 0 Å². The highest BCUT2D eigenvalue weighted by Crippen LogP contribution is 2.23. The van der Waals surface area contributed by atoms with E-state index in [1.165, 1.54) is 98.2 Å². The number of hydrogen-bond acceptors (Lipinski definition) is 6. The molecule has 6 nitrogen and oxygen atoms in total. The molecule has 0 unspecified atom stereocenters. The Morgan fingerprint density at radius 1 is 0.536 bits per heavy atom. The van der Waals surface area contributed by atoms with Crippen molar-refractivity contribution in [3.8, 4) is 0 Å². The fourth-order valence-corrected chi connectivity index (χ4v) is 5.83. The average Bonchev–Trinajstić information content (AvgIpc) is 2.78. The van der Waals surface area contributed by atoms with E-state index < -0.39 is 0 Å². The van der Waals surface area contributed by atoms with Crippen LogP contribution in [-0.2, 0) is 0 Å². The van der Waals surface area contributed by atoms with Gasteiger partial charge < -0.3 is 29.4 Å². The maximum atomic E-state index is 2.73. The van der Waals surface area contributed by atoms with Crippen LogP contribution in [0.5, 0.6) is 0 Å². The molecule has 7 heteroatoms. The molecule has 0 aromatic carbocycles. The Balaban J connectivity index is 1.80. The maximum absolute atomic E-state index is 2.73. The van der Waals surface area contributed by atoms with Crippen molar-refractivity contribution >= 4 is 9.52 Å². The van der Waals surface area contributed by atoms with E-state index in [0.717, 1.165) is 9.52 Å². The van der Waals surface area contributed by atoms with Gasteiger partial charge in [0, 0.05) is 83.9 Å². The highest BCUT2D eigenvalue weighted by atomic mass is 28.2. The molecule has 3 heterocycles. The molecule has 3 saturated heterocycles. The molecule has 0 saturated carbocycles. The number of nitrogens with zero attached hydrogens (tertiary/aromatic N) is 6. The molecular formula is C21H42N6Si. The average molecular weight is 407 g/mol. The number of rotatable bonds is 7. The van der Waals surface area contributed by atoms with Crippen LogP contribution in [0.1, 0.15) is 20.8 Å². The summed E-state index contributed by atoms with van der Waals surface area (Å²) in [4.78, 5) is 16.0. The number of likely N-dealkylation sites (N-methyl/N-ethyl adjacent to an activating group) is 3. The Morgan fingerprint density at radius 2 is 0.857 bits per heavy atom. The van der Waals surface area contributed by atoms with Crippen LogP contribution in [0.2, 0.25) is 6.55 Å². The van der Waals surface area contributed by atoms with Gasteiger partial charge in [0.25, 0.3) is 0 Å². The van der Waals surface area contributed by atoms with E-state index in [4.69, 9.17) is 0 Å². The summed E-state index contributed by atoms with van der Waals surface area (Å²) in [5, 5.41) is 1.63. The third kappa shape index (κ3) is 5.23. The van der Waals surface area contributed by atoms with Gasteiger partial charge in [0.1, 0.15) is 15.3 Å². The van der Waals surface area contributed by atoms with Crippen molar-refractivity contribution in [3.05, 3.63) is 11.1 Å². The van der Waals surface area contributed by atoms with Crippen LogP contribution in [0, 0.1) is 0 Å². The van der Waals surface area contributed by atoms with Crippen molar-refractivity contribution in [2.24, 2.45) is 0 Å². The van der Waals surface area contributed by atoms with E-state index in [9.17, 15) is 0 Å². The first-order valence-corrected chi connectivity index (χ1v) is 13.0. The van der Waals surface area contributed by atoms with Crippen molar-refractivity contribution in [2.75, 3.05) is 98.2 Å². The zero-order valence-corrected chi connectivity index (χ0v) is 19.8. The van der Waals surface area contributed by atoms with Crippen LogP contribution in [0.15, 0.2) is 11.1 Å². The normalized spacial score (nSPS) is 23.4. The van der Waals surface area contributed by atoms with Crippen LogP contribution in [0.25, 0.3) is 0 Å². The summed E-state index contributed by atoms with van der Waals surface area (Å²) in [6.45, 7) is 27.2. The molecule has 0 atom stereocenters. The van der Waals surface area contributed by atoms with Gasteiger partial charge in [0.2, 0.25) is 0 Å². The van der Waals surface area contributed by atoms with E-state index in [1.54, 1.807) is 11.1 Å². The largest absolute Gasteiger partial charge is 0.373 e. The van der Waals surface area contributed by atoms with Gasteiger partial charge in [0.15, 0.2) is 0 Å². The lowest BCUT2D eigenvalue weighted by Gasteiger charge is -2.47. The molecule has 0 amide bonds.